The van der Waals surface area contributed by atoms with Crippen molar-refractivity contribution in [1.29, 1.82) is 0 Å². The summed E-state index contributed by atoms with van der Waals surface area (Å²) < 4.78 is 5.01. The first kappa shape index (κ1) is 11.8. The Balaban J connectivity index is 2.42. The molecule has 1 fully saturated rings. The number of nitrogens with zero attached hydrogens (tertiary/aromatic N) is 1. The molecular weight excluding hydrogens is 200 g/mol. The van der Waals surface area contributed by atoms with Crippen molar-refractivity contribution >= 4 is 12.0 Å². The van der Waals surface area contributed by atoms with E-state index in [-0.39, 0.29) is 12.5 Å². The summed E-state index contributed by atoms with van der Waals surface area (Å²) in [6.07, 6.45) is 0.363. The number of amides is 2. The van der Waals surface area contributed by atoms with Crippen LogP contribution in [0.15, 0.2) is 0 Å². The highest BCUT2D eigenvalue weighted by Gasteiger charge is 2.22. The second-order valence-corrected chi connectivity index (χ2v) is 3.49. The lowest BCUT2D eigenvalue weighted by atomic mass is 10.2. The summed E-state index contributed by atoms with van der Waals surface area (Å²) in [6.45, 7) is 1.67. The molecule has 6 heteroatoms. The minimum Gasteiger partial charge on any atom is -0.481 e. The standard InChI is InChI=1S/C9H16N2O4/c1-15-7(5-8(12)13)6-11-4-2-3-10-9(11)14/h7H,2-6H2,1H3,(H,10,14)(H,12,13). The summed E-state index contributed by atoms with van der Waals surface area (Å²) >= 11 is 0. The van der Waals surface area contributed by atoms with Gasteiger partial charge in [0, 0.05) is 26.7 Å². The van der Waals surface area contributed by atoms with E-state index in [4.69, 9.17) is 9.84 Å². The molecule has 0 bridgehead atoms. The van der Waals surface area contributed by atoms with Gasteiger partial charge in [-0.15, -0.1) is 0 Å². The van der Waals surface area contributed by atoms with Gasteiger partial charge in [0.1, 0.15) is 0 Å². The average Bonchev–Trinajstić information content (AvgIpc) is 2.19. The van der Waals surface area contributed by atoms with Crippen molar-refractivity contribution in [1.82, 2.24) is 10.2 Å². The van der Waals surface area contributed by atoms with Crippen molar-refractivity contribution in [2.45, 2.75) is 18.9 Å². The maximum atomic E-state index is 11.3. The first-order valence-electron chi connectivity index (χ1n) is 4.91. The Morgan fingerprint density at radius 2 is 2.47 bits per heavy atom. The first-order chi connectivity index (χ1) is 7.13. The summed E-state index contributed by atoms with van der Waals surface area (Å²) in [5.41, 5.74) is 0. The molecule has 2 amide bonds. The number of nitrogens with one attached hydrogen (secondary N) is 1. The van der Waals surface area contributed by atoms with E-state index >= 15 is 0 Å². The molecule has 1 aliphatic rings. The number of hydrogen-bond acceptors (Lipinski definition) is 3. The van der Waals surface area contributed by atoms with Crippen LogP contribution in [0.4, 0.5) is 4.79 Å². The molecule has 0 aromatic rings. The van der Waals surface area contributed by atoms with Crippen molar-refractivity contribution in [2.75, 3.05) is 26.7 Å². The van der Waals surface area contributed by atoms with Crippen LogP contribution in [0.1, 0.15) is 12.8 Å². The minimum absolute atomic E-state index is 0.0831. The second kappa shape index (κ2) is 5.55. The van der Waals surface area contributed by atoms with Crippen LogP contribution < -0.4 is 5.32 Å². The summed E-state index contributed by atoms with van der Waals surface area (Å²) in [5.74, 6) is -0.917. The minimum atomic E-state index is -0.917. The molecule has 1 saturated heterocycles. The SMILES string of the molecule is COC(CC(=O)O)CN1CCCNC1=O. The fourth-order valence-electron chi connectivity index (χ4n) is 1.52. The number of aliphatic carboxylic acids is 1. The smallest absolute Gasteiger partial charge is 0.317 e. The molecule has 1 atom stereocenters. The molecule has 0 aromatic heterocycles. The number of carbonyl (C=O) groups is 2. The van der Waals surface area contributed by atoms with Gasteiger partial charge >= 0.3 is 12.0 Å². The quantitative estimate of drug-likeness (QED) is 0.672. The summed E-state index contributed by atoms with van der Waals surface area (Å²) in [7, 11) is 1.45. The lowest BCUT2D eigenvalue weighted by molar-refractivity contribution is -0.139. The lowest BCUT2D eigenvalue weighted by Crippen LogP contribution is -2.49. The number of carbonyl (C=O) groups excluding carboxylic acids is 1. The van der Waals surface area contributed by atoms with Crippen LogP contribution in [0.5, 0.6) is 0 Å². The van der Waals surface area contributed by atoms with Crippen LogP contribution in [0.25, 0.3) is 0 Å². The van der Waals surface area contributed by atoms with Crippen molar-refractivity contribution in [2.24, 2.45) is 0 Å². The molecule has 0 spiro atoms. The molecule has 1 heterocycles. The molecule has 0 aliphatic carbocycles. The molecule has 2 N–H and O–H groups in total. The monoisotopic (exact) mass is 216 g/mol. The molecule has 1 rings (SSSR count). The number of carboxylic acids is 1. The lowest BCUT2D eigenvalue weighted by Gasteiger charge is -2.29. The van der Waals surface area contributed by atoms with E-state index < -0.39 is 12.1 Å². The maximum Gasteiger partial charge on any atom is 0.317 e. The normalized spacial score (nSPS) is 18.5. The topological polar surface area (TPSA) is 78.9 Å². The van der Waals surface area contributed by atoms with E-state index in [0.717, 1.165) is 6.42 Å². The third-order valence-electron chi connectivity index (χ3n) is 2.33. The van der Waals surface area contributed by atoms with Crippen molar-refractivity contribution < 1.29 is 19.4 Å². The predicted molar refractivity (Wildman–Crippen MR) is 52.6 cm³/mol. The van der Waals surface area contributed by atoms with Crippen molar-refractivity contribution in [3.05, 3.63) is 0 Å². The zero-order valence-corrected chi connectivity index (χ0v) is 8.73. The van der Waals surface area contributed by atoms with Crippen LogP contribution in [-0.4, -0.2) is 54.9 Å². The van der Waals surface area contributed by atoms with E-state index in [1.54, 1.807) is 4.90 Å². The molecule has 1 unspecified atom stereocenters. The van der Waals surface area contributed by atoms with Gasteiger partial charge in [-0.1, -0.05) is 0 Å². The van der Waals surface area contributed by atoms with Crippen LogP contribution >= 0.6 is 0 Å². The first-order valence-corrected chi connectivity index (χ1v) is 4.91. The Labute approximate surface area is 88.2 Å². The fraction of sp³-hybridized carbons (Fsp3) is 0.778. The van der Waals surface area contributed by atoms with E-state index in [9.17, 15) is 9.59 Å². The van der Waals surface area contributed by atoms with E-state index in [1.165, 1.54) is 7.11 Å². The van der Waals surface area contributed by atoms with Gasteiger partial charge in [-0.05, 0) is 6.42 Å². The summed E-state index contributed by atoms with van der Waals surface area (Å²) in [5, 5.41) is 11.3. The summed E-state index contributed by atoms with van der Waals surface area (Å²) in [4.78, 5) is 23.4. The van der Waals surface area contributed by atoms with Gasteiger partial charge in [-0.3, -0.25) is 4.79 Å². The molecule has 1 aliphatic heterocycles. The zero-order chi connectivity index (χ0) is 11.3. The second-order valence-electron chi connectivity index (χ2n) is 3.49. The Morgan fingerprint density at radius 3 is 3.00 bits per heavy atom. The Hall–Kier alpha value is -1.30. The molecule has 6 nitrogen and oxygen atoms in total. The van der Waals surface area contributed by atoms with Gasteiger partial charge in [-0.25, -0.2) is 4.79 Å². The number of urea groups is 1. The van der Waals surface area contributed by atoms with Crippen LogP contribution in [0, 0.1) is 0 Å². The highest BCUT2D eigenvalue weighted by Crippen LogP contribution is 2.05. The zero-order valence-electron chi connectivity index (χ0n) is 8.73. The van der Waals surface area contributed by atoms with Crippen molar-refractivity contribution in [3.63, 3.8) is 0 Å². The van der Waals surface area contributed by atoms with Crippen LogP contribution in [0.3, 0.4) is 0 Å². The predicted octanol–water partition coefficient (Wildman–Crippen LogP) is -0.109. The van der Waals surface area contributed by atoms with Gasteiger partial charge in [-0.2, -0.15) is 0 Å². The van der Waals surface area contributed by atoms with E-state index in [2.05, 4.69) is 5.32 Å². The largest absolute Gasteiger partial charge is 0.481 e. The average molecular weight is 216 g/mol. The molecule has 0 radical (unpaired) electrons. The number of carboxylic acid groups (broad SMARTS) is 1. The van der Waals surface area contributed by atoms with Gasteiger partial charge in [0.2, 0.25) is 0 Å². The number of ether oxygens (including phenoxy) is 1. The number of methoxy groups -OCH3 is 1. The molecule has 15 heavy (non-hydrogen) atoms. The Kier molecular flexibility index (Phi) is 4.36. The molecule has 0 aromatic carbocycles. The number of hydrogen-bond donors (Lipinski definition) is 2. The maximum absolute atomic E-state index is 11.3. The Bertz CT molecular complexity index is 244. The van der Waals surface area contributed by atoms with Crippen LogP contribution in [-0.2, 0) is 9.53 Å². The van der Waals surface area contributed by atoms with E-state index in [0.29, 0.717) is 19.6 Å². The van der Waals surface area contributed by atoms with Gasteiger partial charge in [0.25, 0.3) is 0 Å². The molecule has 86 valence electrons. The highest BCUT2D eigenvalue weighted by atomic mass is 16.5. The Morgan fingerprint density at radius 1 is 1.73 bits per heavy atom. The van der Waals surface area contributed by atoms with Gasteiger partial charge in [0.15, 0.2) is 0 Å². The third kappa shape index (κ3) is 3.75. The van der Waals surface area contributed by atoms with E-state index in [1.807, 2.05) is 0 Å². The highest BCUT2D eigenvalue weighted by molar-refractivity contribution is 5.75. The number of rotatable bonds is 5. The van der Waals surface area contributed by atoms with Gasteiger partial charge < -0.3 is 20.1 Å². The van der Waals surface area contributed by atoms with Crippen LogP contribution in [0.2, 0.25) is 0 Å². The molecular formula is C9H16N2O4. The van der Waals surface area contributed by atoms with Gasteiger partial charge in [0.05, 0.1) is 12.5 Å². The van der Waals surface area contributed by atoms with Crippen molar-refractivity contribution in [3.8, 4) is 0 Å². The summed E-state index contributed by atoms with van der Waals surface area (Å²) in [6, 6.07) is -0.145. The third-order valence-corrected chi connectivity index (χ3v) is 2.33. The fourth-order valence-corrected chi connectivity index (χ4v) is 1.52. The molecule has 0 saturated carbocycles.